The fraction of sp³-hybridized carbons (Fsp3) is 0.458. The SMILES string of the molecule is CC(=O)O[C@@H]1[C@@H](OC(C)=O)[C@@H](CSc2ccc(F)cc2)O[C@H]1n1cnc2c(N[C@@H]3CCOC3)ncnc21. The number of fused-ring (bicyclic) bond motifs is 1. The Kier molecular flexibility index (Phi) is 7.53. The molecule has 0 spiro atoms. The van der Waals surface area contributed by atoms with Crippen LogP contribution in [-0.4, -0.2) is 74.8 Å². The van der Waals surface area contributed by atoms with E-state index in [4.69, 9.17) is 18.9 Å². The third kappa shape index (κ3) is 5.68. The summed E-state index contributed by atoms with van der Waals surface area (Å²) in [7, 11) is 0. The topological polar surface area (TPSA) is 127 Å². The van der Waals surface area contributed by atoms with Gasteiger partial charge in [0.15, 0.2) is 35.4 Å². The largest absolute Gasteiger partial charge is 0.456 e. The maximum absolute atomic E-state index is 13.3. The number of nitrogens with one attached hydrogen (secondary N) is 1. The van der Waals surface area contributed by atoms with E-state index in [0.717, 1.165) is 11.3 Å². The zero-order valence-corrected chi connectivity index (χ0v) is 21.0. The van der Waals surface area contributed by atoms with E-state index in [1.807, 2.05) is 0 Å². The van der Waals surface area contributed by atoms with E-state index in [2.05, 4.69) is 20.3 Å². The first-order valence-electron chi connectivity index (χ1n) is 11.8. The van der Waals surface area contributed by atoms with Crippen LogP contribution in [-0.2, 0) is 28.5 Å². The molecule has 11 nitrogen and oxygen atoms in total. The summed E-state index contributed by atoms with van der Waals surface area (Å²) in [6.07, 6.45) is 0.468. The van der Waals surface area contributed by atoms with Crippen molar-refractivity contribution in [2.24, 2.45) is 0 Å². The van der Waals surface area contributed by atoms with Crippen LogP contribution in [0.3, 0.4) is 0 Å². The van der Waals surface area contributed by atoms with Crippen LogP contribution in [0, 0.1) is 5.82 Å². The van der Waals surface area contributed by atoms with Crippen LogP contribution in [0.25, 0.3) is 11.2 Å². The highest BCUT2D eigenvalue weighted by atomic mass is 32.2. The lowest BCUT2D eigenvalue weighted by molar-refractivity contribution is -0.165. The molecular formula is C24H26FN5O6S. The van der Waals surface area contributed by atoms with E-state index in [0.29, 0.717) is 35.9 Å². The monoisotopic (exact) mass is 531 g/mol. The summed E-state index contributed by atoms with van der Waals surface area (Å²) >= 11 is 1.41. The van der Waals surface area contributed by atoms with Crippen molar-refractivity contribution in [3.05, 3.63) is 42.7 Å². The van der Waals surface area contributed by atoms with Gasteiger partial charge >= 0.3 is 11.9 Å². The van der Waals surface area contributed by atoms with Gasteiger partial charge in [0.1, 0.15) is 18.2 Å². The van der Waals surface area contributed by atoms with Crippen LogP contribution in [0.4, 0.5) is 10.2 Å². The van der Waals surface area contributed by atoms with Crippen molar-refractivity contribution < 1.29 is 32.9 Å². The minimum atomic E-state index is -0.952. The van der Waals surface area contributed by atoms with Crippen molar-refractivity contribution in [2.75, 3.05) is 24.3 Å². The highest BCUT2D eigenvalue weighted by Gasteiger charge is 2.50. The zero-order valence-electron chi connectivity index (χ0n) is 20.2. The number of benzene rings is 1. The van der Waals surface area contributed by atoms with E-state index in [-0.39, 0.29) is 11.9 Å². The van der Waals surface area contributed by atoms with Gasteiger partial charge in [0.25, 0.3) is 0 Å². The van der Waals surface area contributed by atoms with Crippen molar-refractivity contribution in [3.63, 3.8) is 0 Å². The number of rotatable bonds is 8. The Hall–Kier alpha value is -3.29. The highest BCUT2D eigenvalue weighted by molar-refractivity contribution is 7.99. The number of carbonyl (C=O) groups is 2. The number of hydrogen-bond donors (Lipinski definition) is 1. The van der Waals surface area contributed by atoms with Crippen LogP contribution >= 0.6 is 11.8 Å². The van der Waals surface area contributed by atoms with Gasteiger partial charge in [-0.1, -0.05) is 0 Å². The molecule has 37 heavy (non-hydrogen) atoms. The number of hydrogen-bond acceptors (Lipinski definition) is 11. The number of thioether (sulfide) groups is 1. The van der Waals surface area contributed by atoms with E-state index in [9.17, 15) is 14.0 Å². The molecule has 0 amide bonds. The van der Waals surface area contributed by atoms with Crippen LogP contribution in [0.15, 0.2) is 41.8 Å². The van der Waals surface area contributed by atoms with Crippen molar-refractivity contribution in [1.82, 2.24) is 19.5 Å². The van der Waals surface area contributed by atoms with Gasteiger partial charge in [0.2, 0.25) is 0 Å². The number of esters is 2. The molecule has 5 atom stereocenters. The lowest BCUT2D eigenvalue weighted by Gasteiger charge is -2.23. The number of imidazole rings is 1. The Balaban J connectivity index is 1.44. The molecule has 2 saturated heterocycles. The molecule has 0 saturated carbocycles. The molecule has 1 N–H and O–H groups in total. The molecule has 13 heteroatoms. The predicted molar refractivity (Wildman–Crippen MR) is 130 cm³/mol. The summed E-state index contributed by atoms with van der Waals surface area (Å²) in [4.78, 5) is 38.1. The fourth-order valence-corrected chi connectivity index (χ4v) is 5.37. The minimum absolute atomic E-state index is 0.112. The zero-order chi connectivity index (χ0) is 25.9. The summed E-state index contributed by atoms with van der Waals surface area (Å²) in [5.74, 6) is -0.510. The third-order valence-corrected chi connectivity index (χ3v) is 7.12. The quantitative estimate of drug-likeness (QED) is 0.340. The average Bonchev–Trinajstić information content (AvgIpc) is 3.59. The van der Waals surface area contributed by atoms with Gasteiger partial charge in [-0.3, -0.25) is 14.2 Å². The average molecular weight is 532 g/mol. The molecule has 5 rings (SSSR count). The summed E-state index contributed by atoms with van der Waals surface area (Å²) in [5.41, 5.74) is 0.986. The Morgan fingerprint density at radius 1 is 1.14 bits per heavy atom. The number of aromatic nitrogens is 4. The first-order chi connectivity index (χ1) is 17.9. The molecule has 0 aliphatic carbocycles. The first kappa shape index (κ1) is 25.4. The lowest BCUT2D eigenvalue weighted by Crippen LogP contribution is -2.39. The van der Waals surface area contributed by atoms with Crippen molar-refractivity contribution in [3.8, 4) is 0 Å². The maximum atomic E-state index is 13.3. The predicted octanol–water partition coefficient (Wildman–Crippen LogP) is 2.72. The molecule has 2 aliphatic rings. The van der Waals surface area contributed by atoms with E-state index in [1.54, 1.807) is 16.7 Å². The molecule has 1 aromatic carbocycles. The van der Waals surface area contributed by atoms with Gasteiger partial charge in [-0.15, -0.1) is 11.8 Å². The number of halogens is 1. The van der Waals surface area contributed by atoms with Gasteiger partial charge in [0, 0.05) is 31.1 Å². The van der Waals surface area contributed by atoms with Crippen LogP contribution in [0.5, 0.6) is 0 Å². The number of anilines is 1. The van der Waals surface area contributed by atoms with Gasteiger partial charge in [-0.2, -0.15) is 0 Å². The molecule has 0 radical (unpaired) electrons. The van der Waals surface area contributed by atoms with E-state index < -0.39 is 36.5 Å². The highest BCUT2D eigenvalue weighted by Crippen LogP contribution is 2.38. The third-order valence-electron chi connectivity index (χ3n) is 6.02. The Morgan fingerprint density at radius 2 is 1.89 bits per heavy atom. The molecule has 4 heterocycles. The van der Waals surface area contributed by atoms with E-state index in [1.165, 1.54) is 50.4 Å². The Labute approximate surface area is 216 Å². The molecular weight excluding hydrogens is 505 g/mol. The van der Waals surface area contributed by atoms with Crippen molar-refractivity contribution in [2.45, 2.75) is 55.7 Å². The molecule has 2 fully saturated rings. The Morgan fingerprint density at radius 3 is 2.59 bits per heavy atom. The summed E-state index contributed by atoms with van der Waals surface area (Å²) in [6.45, 7) is 3.81. The fourth-order valence-electron chi connectivity index (χ4n) is 4.41. The second kappa shape index (κ2) is 11.0. The summed E-state index contributed by atoms with van der Waals surface area (Å²) in [6, 6.07) is 6.15. The van der Waals surface area contributed by atoms with Crippen molar-refractivity contribution in [1.29, 1.82) is 0 Å². The number of nitrogens with zero attached hydrogens (tertiary/aromatic N) is 4. The Bertz CT molecular complexity index is 1270. The molecule has 0 unspecified atom stereocenters. The van der Waals surface area contributed by atoms with Gasteiger partial charge in [0.05, 0.1) is 19.0 Å². The minimum Gasteiger partial charge on any atom is -0.456 e. The second-order valence-corrected chi connectivity index (χ2v) is 9.82. The summed E-state index contributed by atoms with van der Waals surface area (Å²) in [5, 5.41) is 3.34. The molecule has 0 bridgehead atoms. The van der Waals surface area contributed by atoms with E-state index >= 15 is 0 Å². The van der Waals surface area contributed by atoms with Gasteiger partial charge in [-0.05, 0) is 30.7 Å². The normalized spacial score (nSPS) is 25.3. The maximum Gasteiger partial charge on any atom is 0.303 e. The number of carbonyl (C=O) groups excluding carboxylic acids is 2. The second-order valence-electron chi connectivity index (χ2n) is 8.73. The standard InChI is InChI=1S/C24H26FN5O6S/c1-13(31)34-20-18(10-37-17-5-3-15(25)4-6-17)36-24(21(20)35-14(2)32)30-12-28-19-22(26-11-27-23(19)30)29-16-7-8-33-9-16/h3-6,11-12,16,18,20-21,24H,7-10H2,1-2H3,(H,26,27,29)/t16-,18-,20+,21-,24-/m1/s1. The summed E-state index contributed by atoms with van der Waals surface area (Å²) < 4.78 is 37.9. The molecule has 2 aromatic heterocycles. The molecule has 196 valence electrons. The van der Waals surface area contributed by atoms with Crippen molar-refractivity contribution >= 4 is 40.7 Å². The molecule has 2 aliphatic heterocycles. The van der Waals surface area contributed by atoms with Crippen LogP contribution in [0.2, 0.25) is 0 Å². The van der Waals surface area contributed by atoms with Gasteiger partial charge in [-0.25, -0.2) is 19.3 Å². The van der Waals surface area contributed by atoms with Crippen LogP contribution in [0.1, 0.15) is 26.5 Å². The van der Waals surface area contributed by atoms with Crippen LogP contribution < -0.4 is 5.32 Å². The number of ether oxygens (including phenoxy) is 4. The van der Waals surface area contributed by atoms with Gasteiger partial charge < -0.3 is 24.3 Å². The first-order valence-corrected chi connectivity index (χ1v) is 12.8. The smallest absolute Gasteiger partial charge is 0.303 e. The lowest BCUT2D eigenvalue weighted by atomic mass is 10.1. The molecule has 3 aromatic rings.